The van der Waals surface area contributed by atoms with Crippen molar-refractivity contribution in [2.75, 3.05) is 0 Å². The third kappa shape index (κ3) is 3.32. The number of aliphatic hydroxyl groups is 1. The summed E-state index contributed by atoms with van der Waals surface area (Å²) in [5.74, 6) is -0.326. The molecule has 7 heteroatoms. The fourth-order valence-electron chi connectivity index (χ4n) is 3.55. The van der Waals surface area contributed by atoms with Gasteiger partial charge in [-0.15, -0.1) is 11.3 Å². The zero-order valence-corrected chi connectivity index (χ0v) is 17.2. The molecule has 2 heterocycles. The Kier molecular flexibility index (Phi) is 4.94. The van der Waals surface area contributed by atoms with Gasteiger partial charge in [0.15, 0.2) is 5.72 Å². The number of carbonyl (C=O) groups is 1. The van der Waals surface area contributed by atoms with Crippen molar-refractivity contribution in [3.05, 3.63) is 75.9 Å². The molecular formula is C22H21N3O3S. The summed E-state index contributed by atoms with van der Waals surface area (Å²) in [6, 6.07) is 13.6. The molecule has 0 aliphatic rings. The normalized spacial score (nSPS) is 13.4. The Morgan fingerprint density at radius 1 is 1.24 bits per heavy atom. The van der Waals surface area contributed by atoms with Crippen molar-refractivity contribution in [2.45, 2.75) is 32.9 Å². The van der Waals surface area contributed by atoms with E-state index in [1.165, 1.54) is 16.0 Å². The van der Waals surface area contributed by atoms with Gasteiger partial charge in [0, 0.05) is 22.7 Å². The molecule has 1 atom stereocenters. The number of aryl methyl sites for hydroxylation is 1. The molecule has 2 aromatic heterocycles. The molecule has 0 bridgehead atoms. The number of hydrogen-bond acceptors (Lipinski definition) is 6. The van der Waals surface area contributed by atoms with Gasteiger partial charge in [0.05, 0.1) is 5.69 Å². The van der Waals surface area contributed by atoms with Crippen LogP contribution in [-0.2, 0) is 12.1 Å². The Hall–Kier alpha value is -3.03. The summed E-state index contributed by atoms with van der Waals surface area (Å²) in [5, 5.41) is 20.0. The first kappa shape index (κ1) is 19.3. The van der Waals surface area contributed by atoms with Crippen LogP contribution in [0.15, 0.2) is 54.0 Å². The summed E-state index contributed by atoms with van der Waals surface area (Å²) in [6.45, 7) is 5.46. The van der Waals surface area contributed by atoms with Crippen LogP contribution in [0.4, 0.5) is 0 Å². The predicted molar refractivity (Wildman–Crippen MR) is 112 cm³/mol. The van der Waals surface area contributed by atoms with Crippen molar-refractivity contribution in [3.8, 4) is 5.88 Å². The largest absolute Gasteiger partial charge is 0.402 e. The van der Waals surface area contributed by atoms with Crippen LogP contribution in [0.2, 0.25) is 0 Å². The molecule has 0 saturated carbocycles. The molecule has 0 amide bonds. The SMILES string of the molecule is CCc1c(C)nn(C(C)(O)c2cccc3ccccc23)c1OC(=O)c1nccs1. The van der Waals surface area contributed by atoms with Crippen molar-refractivity contribution in [1.82, 2.24) is 14.8 Å². The summed E-state index contributed by atoms with van der Waals surface area (Å²) in [6.07, 6.45) is 2.16. The quantitative estimate of drug-likeness (QED) is 0.499. The summed E-state index contributed by atoms with van der Waals surface area (Å²) in [5.41, 5.74) is 0.620. The maximum Gasteiger partial charge on any atom is 0.374 e. The van der Waals surface area contributed by atoms with Crippen LogP contribution in [0.25, 0.3) is 10.8 Å². The molecule has 0 radical (unpaired) electrons. The number of fused-ring (bicyclic) bond motifs is 1. The fraction of sp³-hybridized carbons (Fsp3) is 0.227. The Bertz CT molecular complexity index is 1170. The second-order valence-electron chi connectivity index (χ2n) is 6.91. The Balaban J connectivity index is 1.86. The predicted octanol–water partition coefficient (Wildman–Crippen LogP) is 4.30. The average Bonchev–Trinajstić information content (AvgIpc) is 3.36. The lowest BCUT2D eigenvalue weighted by Gasteiger charge is -2.27. The number of thiazole rings is 1. The van der Waals surface area contributed by atoms with E-state index in [9.17, 15) is 9.90 Å². The lowest BCUT2D eigenvalue weighted by atomic mass is 9.97. The first-order chi connectivity index (χ1) is 13.9. The number of benzene rings is 2. The Morgan fingerprint density at radius 3 is 2.72 bits per heavy atom. The monoisotopic (exact) mass is 407 g/mol. The van der Waals surface area contributed by atoms with E-state index < -0.39 is 11.7 Å². The van der Waals surface area contributed by atoms with Crippen LogP contribution in [0.5, 0.6) is 5.88 Å². The van der Waals surface area contributed by atoms with Gasteiger partial charge >= 0.3 is 5.97 Å². The minimum Gasteiger partial charge on any atom is -0.402 e. The van der Waals surface area contributed by atoms with Gasteiger partial charge in [-0.1, -0.05) is 49.4 Å². The minimum atomic E-state index is -1.53. The van der Waals surface area contributed by atoms with Crippen LogP contribution in [0.3, 0.4) is 0 Å². The van der Waals surface area contributed by atoms with Crippen molar-refractivity contribution >= 4 is 28.1 Å². The third-order valence-electron chi connectivity index (χ3n) is 5.00. The first-order valence-corrected chi connectivity index (χ1v) is 10.2. The third-order valence-corrected chi connectivity index (χ3v) is 5.75. The smallest absolute Gasteiger partial charge is 0.374 e. The standard InChI is InChI=1S/C22H21N3O3S/c1-4-16-14(2)24-25(20(16)28-21(26)19-23-12-13-29-19)22(3,27)18-11-7-9-15-8-5-6-10-17(15)18/h5-13,27H,4H2,1-3H3. The van der Waals surface area contributed by atoms with Crippen LogP contribution in [0.1, 0.15) is 40.5 Å². The number of rotatable bonds is 5. The maximum absolute atomic E-state index is 12.6. The lowest BCUT2D eigenvalue weighted by molar-refractivity contribution is 0.00587. The zero-order valence-electron chi connectivity index (χ0n) is 16.4. The summed E-state index contributed by atoms with van der Waals surface area (Å²) in [4.78, 5) is 16.6. The Morgan fingerprint density at radius 2 is 2.00 bits per heavy atom. The van der Waals surface area contributed by atoms with E-state index in [1.807, 2.05) is 56.3 Å². The van der Waals surface area contributed by atoms with E-state index in [-0.39, 0.29) is 10.9 Å². The number of hydrogen-bond donors (Lipinski definition) is 1. The number of carbonyl (C=O) groups excluding carboxylic acids is 1. The van der Waals surface area contributed by atoms with Crippen LogP contribution >= 0.6 is 11.3 Å². The van der Waals surface area contributed by atoms with Gasteiger partial charge in [0.25, 0.3) is 0 Å². The van der Waals surface area contributed by atoms with Crippen molar-refractivity contribution in [2.24, 2.45) is 0 Å². The highest BCUT2D eigenvalue weighted by Crippen LogP contribution is 2.35. The lowest BCUT2D eigenvalue weighted by Crippen LogP contribution is -2.33. The van der Waals surface area contributed by atoms with Gasteiger partial charge in [-0.25, -0.2) is 9.78 Å². The molecule has 0 spiro atoms. The molecule has 4 aromatic rings. The van der Waals surface area contributed by atoms with Crippen LogP contribution in [-0.4, -0.2) is 25.8 Å². The topological polar surface area (TPSA) is 77.2 Å². The van der Waals surface area contributed by atoms with E-state index in [0.29, 0.717) is 17.7 Å². The number of nitrogens with zero attached hydrogens (tertiary/aromatic N) is 3. The molecule has 0 aliphatic carbocycles. The molecule has 0 fully saturated rings. The second kappa shape index (κ2) is 7.42. The van der Waals surface area contributed by atoms with E-state index in [4.69, 9.17) is 4.74 Å². The van der Waals surface area contributed by atoms with E-state index >= 15 is 0 Å². The van der Waals surface area contributed by atoms with E-state index in [0.717, 1.165) is 16.3 Å². The van der Waals surface area contributed by atoms with Crippen LogP contribution < -0.4 is 4.74 Å². The van der Waals surface area contributed by atoms with E-state index in [1.54, 1.807) is 18.5 Å². The summed E-state index contributed by atoms with van der Waals surface area (Å²) >= 11 is 1.20. The molecule has 148 valence electrons. The van der Waals surface area contributed by atoms with Gasteiger partial charge in [-0.3, -0.25) is 0 Å². The molecule has 0 aliphatic heterocycles. The van der Waals surface area contributed by atoms with Gasteiger partial charge in [-0.05, 0) is 31.0 Å². The van der Waals surface area contributed by atoms with Crippen molar-refractivity contribution < 1.29 is 14.6 Å². The highest BCUT2D eigenvalue weighted by atomic mass is 32.1. The number of aromatic nitrogens is 3. The second-order valence-corrected chi connectivity index (χ2v) is 7.80. The highest BCUT2D eigenvalue weighted by molar-refractivity contribution is 7.11. The molecule has 1 N–H and O–H groups in total. The van der Waals surface area contributed by atoms with Gasteiger partial charge in [0.2, 0.25) is 10.9 Å². The molecule has 6 nitrogen and oxygen atoms in total. The minimum absolute atomic E-state index is 0.239. The number of ether oxygens (including phenoxy) is 1. The van der Waals surface area contributed by atoms with Crippen molar-refractivity contribution in [3.63, 3.8) is 0 Å². The molecule has 1 unspecified atom stereocenters. The highest BCUT2D eigenvalue weighted by Gasteiger charge is 2.34. The average molecular weight is 407 g/mol. The van der Waals surface area contributed by atoms with Gasteiger partial charge in [0.1, 0.15) is 0 Å². The Labute approximate surface area is 172 Å². The van der Waals surface area contributed by atoms with Gasteiger partial charge < -0.3 is 9.84 Å². The molecular weight excluding hydrogens is 386 g/mol. The fourth-order valence-corrected chi connectivity index (χ4v) is 4.06. The zero-order chi connectivity index (χ0) is 20.6. The van der Waals surface area contributed by atoms with Gasteiger partial charge in [-0.2, -0.15) is 9.78 Å². The number of esters is 1. The summed E-state index contributed by atoms with van der Waals surface area (Å²) < 4.78 is 7.10. The molecule has 4 rings (SSSR count). The molecule has 0 saturated heterocycles. The summed E-state index contributed by atoms with van der Waals surface area (Å²) in [7, 11) is 0. The van der Waals surface area contributed by atoms with Crippen LogP contribution in [0, 0.1) is 6.92 Å². The molecule has 2 aromatic carbocycles. The maximum atomic E-state index is 12.6. The van der Waals surface area contributed by atoms with E-state index in [2.05, 4.69) is 10.1 Å². The van der Waals surface area contributed by atoms with Crippen molar-refractivity contribution in [1.29, 1.82) is 0 Å². The first-order valence-electron chi connectivity index (χ1n) is 9.34. The molecule has 29 heavy (non-hydrogen) atoms.